The lowest BCUT2D eigenvalue weighted by atomic mass is 9.82. The van der Waals surface area contributed by atoms with Gasteiger partial charge in [0.25, 0.3) is 0 Å². The van der Waals surface area contributed by atoms with E-state index in [0.29, 0.717) is 17.9 Å². The number of nitrogens with zero attached hydrogens (tertiary/aromatic N) is 1. The van der Waals surface area contributed by atoms with E-state index in [2.05, 4.69) is 17.3 Å². The Labute approximate surface area is 73.1 Å². The fourth-order valence-corrected chi connectivity index (χ4v) is 2.63. The highest BCUT2D eigenvalue weighted by Crippen LogP contribution is 2.30. The van der Waals surface area contributed by atoms with Gasteiger partial charge in [-0.05, 0) is 32.7 Å². The van der Waals surface area contributed by atoms with E-state index in [-0.39, 0.29) is 6.04 Å². The molecular formula is C9H16N2O. The normalized spacial score (nSPS) is 41.7. The number of hydrogen-bond donors (Lipinski definition) is 1. The monoisotopic (exact) mass is 168 g/mol. The van der Waals surface area contributed by atoms with Crippen molar-refractivity contribution >= 4 is 5.78 Å². The number of hydrogen-bond acceptors (Lipinski definition) is 3. The first-order valence-corrected chi connectivity index (χ1v) is 4.66. The number of Topliss-reactive ketones (excluding diaryl/α,β-unsaturated/α-hetero) is 1. The third kappa shape index (κ3) is 1.08. The molecule has 3 heteroatoms. The molecule has 2 bridgehead atoms. The molecule has 3 saturated heterocycles. The van der Waals surface area contributed by atoms with Crippen molar-refractivity contribution in [3.63, 3.8) is 0 Å². The first-order chi connectivity index (χ1) is 5.70. The summed E-state index contributed by atoms with van der Waals surface area (Å²) >= 11 is 0. The molecule has 68 valence electrons. The first kappa shape index (κ1) is 8.20. The maximum Gasteiger partial charge on any atom is 0.147 e. The lowest BCUT2D eigenvalue weighted by Crippen LogP contribution is -2.64. The Balaban J connectivity index is 2.18. The average molecular weight is 168 g/mol. The molecule has 3 atom stereocenters. The van der Waals surface area contributed by atoms with Gasteiger partial charge in [0, 0.05) is 6.54 Å². The molecule has 0 aromatic rings. The standard InChI is InChI=1S/C9H16N2O/c1-6(12)9-7-3-4-8(10-5-7)11(9)2/h7-10H,3-5H2,1-2H3. The summed E-state index contributed by atoms with van der Waals surface area (Å²) in [7, 11) is 2.05. The Morgan fingerprint density at radius 3 is 2.58 bits per heavy atom. The van der Waals surface area contributed by atoms with Gasteiger partial charge in [0.2, 0.25) is 0 Å². The van der Waals surface area contributed by atoms with Crippen molar-refractivity contribution in [2.24, 2.45) is 5.92 Å². The number of nitrogens with one attached hydrogen (secondary N) is 1. The SMILES string of the molecule is CC(=O)C1C2CCC(NC2)N1C. The van der Waals surface area contributed by atoms with Crippen molar-refractivity contribution < 1.29 is 4.79 Å². The van der Waals surface area contributed by atoms with Gasteiger partial charge in [-0.3, -0.25) is 9.69 Å². The van der Waals surface area contributed by atoms with Crippen LogP contribution in [0.2, 0.25) is 0 Å². The number of rotatable bonds is 1. The van der Waals surface area contributed by atoms with Crippen LogP contribution in [0.4, 0.5) is 0 Å². The summed E-state index contributed by atoms with van der Waals surface area (Å²) in [5.74, 6) is 0.881. The molecule has 3 aliphatic heterocycles. The Morgan fingerprint density at radius 2 is 2.25 bits per heavy atom. The van der Waals surface area contributed by atoms with Crippen molar-refractivity contribution in [2.75, 3.05) is 13.6 Å². The van der Waals surface area contributed by atoms with E-state index in [1.54, 1.807) is 6.92 Å². The van der Waals surface area contributed by atoms with E-state index in [1.807, 2.05) is 0 Å². The summed E-state index contributed by atoms with van der Waals surface area (Å²) in [6.07, 6.45) is 2.86. The maximum atomic E-state index is 11.3. The number of fused-ring (bicyclic) bond motifs is 3. The molecule has 0 aromatic carbocycles. The van der Waals surface area contributed by atoms with Gasteiger partial charge in [-0.2, -0.15) is 0 Å². The second-order valence-electron chi connectivity index (χ2n) is 3.98. The number of carbonyl (C=O) groups excluding carboxylic acids is 1. The molecule has 1 N–H and O–H groups in total. The Hall–Kier alpha value is -0.410. The van der Waals surface area contributed by atoms with Crippen LogP contribution in [0.25, 0.3) is 0 Å². The molecule has 0 radical (unpaired) electrons. The lowest BCUT2D eigenvalue weighted by molar-refractivity contribution is -0.129. The van der Waals surface area contributed by atoms with Crippen molar-refractivity contribution in [3.05, 3.63) is 0 Å². The van der Waals surface area contributed by atoms with Crippen molar-refractivity contribution in [2.45, 2.75) is 32.0 Å². The fourth-order valence-electron chi connectivity index (χ4n) is 2.63. The van der Waals surface area contributed by atoms with Gasteiger partial charge >= 0.3 is 0 Å². The zero-order chi connectivity index (χ0) is 8.72. The second kappa shape index (κ2) is 2.82. The highest BCUT2D eigenvalue weighted by molar-refractivity contribution is 5.82. The van der Waals surface area contributed by atoms with E-state index in [0.717, 1.165) is 6.54 Å². The van der Waals surface area contributed by atoms with Crippen molar-refractivity contribution in [3.8, 4) is 0 Å². The van der Waals surface area contributed by atoms with Crippen LogP contribution in [0.15, 0.2) is 0 Å². The minimum atomic E-state index is 0.185. The van der Waals surface area contributed by atoms with Crippen LogP contribution in [0.3, 0.4) is 0 Å². The smallest absolute Gasteiger partial charge is 0.147 e. The van der Waals surface area contributed by atoms with Crippen molar-refractivity contribution in [1.29, 1.82) is 0 Å². The molecule has 3 rings (SSSR count). The molecule has 3 fully saturated rings. The Kier molecular flexibility index (Phi) is 1.93. The topological polar surface area (TPSA) is 32.3 Å². The van der Waals surface area contributed by atoms with Gasteiger partial charge in [0.05, 0.1) is 12.2 Å². The zero-order valence-corrected chi connectivity index (χ0v) is 7.71. The summed E-state index contributed by atoms with van der Waals surface area (Å²) in [6, 6.07) is 0.185. The summed E-state index contributed by atoms with van der Waals surface area (Å²) in [6.45, 7) is 2.74. The van der Waals surface area contributed by atoms with Crippen LogP contribution in [-0.4, -0.2) is 36.5 Å². The molecule has 3 nitrogen and oxygen atoms in total. The van der Waals surface area contributed by atoms with Crippen LogP contribution >= 0.6 is 0 Å². The van der Waals surface area contributed by atoms with E-state index < -0.39 is 0 Å². The molecular weight excluding hydrogens is 152 g/mol. The quantitative estimate of drug-likeness (QED) is 0.607. The molecule has 12 heavy (non-hydrogen) atoms. The van der Waals surface area contributed by atoms with Gasteiger partial charge < -0.3 is 5.32 Å². The summed E-state index contributed by atoms with van der Waals surface area (Å²) in [4.78, 5) is 13.5. The number of carbonyl (C=O) groups is 1. The minimum absolute atomic E-state index is 0.185. The van der Waals surface area contributed by atoms with E-state index in [9.17, 15) is 4.79 Å². The summed E-state index contributed by atoms with van der Waals surface area (Å²) in [5.41, 5.74) is 0. The van der Waals surface area contributed by atoms with Crippen molar-refractivity contribution in [1.82, 2.24) is 10.2 Å². The second-order valence-corrected chi connectivity index (χ2v) is 3.98. The molecule has 0 spiro atoms. The van der Waals surface area contributed by atoms with E-state index in [4.69, 9.17) is 0 Å². The third-order valence-corrected chi connectivity index (χ3v) is 3.22. The highest BCUT2D eigenvalue weighted by Gasteiger charge is 2.41. The number of piperidine rings is 2. The van der Waals surface area contributed by atoms with Gasteiger partial charge in [0.1, 0.15) is 5.78 Å². The van der Waals surface area contributed by atoms with Gasteiger partial charge in [-0.15, -0.1) is 0 Å². The predicted octanol–water partition coefficient (Wildman–Crippen LogP) is 0.215. The van der Waals surface area contributed by atoms with Crippen LogP contribution in [0, 0.1) is 5.92 Å². The predicted molar refractivity (Wildman–Crippen MR) is 46.7 cm³/mol. The van der Waals surface area contributed by atoms with Gasteiger partial charge in [0.15, 0.2) is 0 Å². The molecule has 0 saturated carbocycles. The van der Waals surface area contributed by atoms with E-state index in [1.165, 1.54) is 12.8 Å². The van der Waals surface area contributed by atoms with Gasteiger partial charge in [-0.25, -0.2) is 0 Å². The van der Waals surface area contributed by atoms with Crippen LogP contribution in [0.5, 0.6) is 0 Å². The van der Waals surface area contributed by atoms with Gasteiger partial charge in [-0.1, -0.05) is 0 Å². The number of likely N-dealkylation sites (N-methyl/N-ethyl adjacent to an activating group) is 1. The van der Waals surface area contributed by atoms with Crippen LogP contribution < -0.4 is 5.32 Å². The van der Waals surface area contributed by atoms with Crippen LogP contribution in [-0.2, 0) is 4.79 Å². The molecule has 3 heterocycles. The first-order valence-electron chi connectivity index (χ1n) is 4.66. The van der Waals surface area contributed by atoms with E-state index >= 15 is 0 Å². The molecule has 3 unspecified atom stereocenters. The van der Waals surface area contributed by atoms with Crippen LogP contribution in [0.1, 0.15) is 19.8 Å². The maximum absolute atomic E-state index is 11.3. The highest BCUT2D eigenvalue weighted by atomic mass is 16.1. The summed E-state index contributed by atoms with van der Waals surface area (Å²) < 4.78 is 0. The fraction of sp³-hybridized carbons (Fsp3) is 0.889. The Morgan fingerprint density at radius 1 is 1.50 bits per heavy atom. The molecule has 3 aliphatic rings. The summed E-state index contributed by atoms with van der Waals surface area (Å²) in [5, 5.41) is 3.43. The minimum Gasteiger partial charge on any atom is -0.301 e. The average Bonchev–Trinajstić information content (AvgIpc) is 2.05. The molecule has 0 aliphatic carbocycles. The molecule has 0 amide bonds. The Bertz CT molecular complexity index is 195. The third-order valence-electron chi connectivity index (χ3n) is 3.22. The molecule has 0 aromatic heterocycles. The number of ketones is 1. The zero-order valence-electron chi connectivity index (χ0n) is 7.71. The lowest BCUT2D eigenvalue weighted by Gasteiger charge is -2.49. The largest absolute Gasteiger partial charge is 0.301 e.